The summed E-state index contributed by atoms with van der Waals surface area (Å²) in [6.45, 7) is 2.18. The van der Waals surface area contributed by atoms with Gasteiger partial charge >= 0.3 is 5.97 Å². The molecule has 2 bridgehead atoms. The molecule has 2 fully saturated rings. The lowest BCUT2D eigenvalue weighted by Crippen LogP contribution is -2.28. The van der Waals surface area contributed by atoms with E-state index in [1.54, 1.807) is 0 Å². The van der Waals surface area contributed by atoms with Crippen LogP contribution in [0.5, 0.6) is 0 Å². The van der Waals surface area contributed by atoms with Gasteiger partial charge in [-0.05, 0) is 68.3 Å². The van der Waals surface area contributed by atoms with Crippen LogP contribution in [0.1, 0.15) is 58.3 Å². The van der Waals surface area contributed by atoms with Crippen molar-refractivity contribution in [1.82, 2.24) is 0 Å². The van der Waals surface area contributed by atoms with E-state index in [0.29, 0.717) is 24.0 Å². The van der Waals surface area contributed by atoms with E-state index in [9.17, 15) is 4.79 Å². The first kappa shape index (κ1) is 19.6. The average Bonchev–Trinajstić information content (AvgIpc) is 3.15. The zero-order chi connectivity index (χ0) is 17.2. The van der Waals surface area contributed by atoms with Crippen molar-refractivity contribution in [2.45, 2.75) is 70.5 Å². The number of carboxylic acids is 1. The summed E-state index contributed by atoms with van der Waals surface area (Å²) in [5.74, 6) is 3.10. The maximum atomic E-state index is 10.5. The van der Waals surface area contributed by atoms with Crippen LogP contribution in [0.15, 0.2) is 24.3 Å². The number of ether oxygens (including phenoxy) is 1. The number of unbranched alkanes of at least 4 members (excludes halogenated alkanes) is 1. The van der Waals surface area contributed by atoms with E-state index in [0.717, 1.165) is 25.7 Å². The standard InChI is InChI=1S/C20H32O3S/c1-2-3-4-9-14-24-15-17-16(18-12-13-19(17)23-18)10-7-5-6-8-11-20(21)22/h3-5,7,16-19H,2,6,8-15H2,1H3,(H,21,22)/b4-3+,7-5-/t16-,17+,18-,19+/m1/s1. The second kappa shape index (κ2) is 11.0. The molecule has 24 heavy (non-hydrogen) atoms. The van der Waals surface area contributed by atoms with Gasteiger partial charge in [0.15, 0.2) is 0 Å². The van der Waals surface area contributed by atoms with Crippen LogP contribution in [0.2, 0.25) is 0 Å². The van der Waals surface area contributed by atoms with Gasteiger partial charge < -0.3 is 9.84 Å². The summed E-state index contributed by atoms with van der Waals surface area (Å²) in [5.41, 5.74) is 0. The van der Waals surface area contributed by atoms with Crippen LogP contribution in [0.25, 0.3) is 0 Å². The highest BCUT2D eigenvalue weighted by atomic mass is 32.2. The van der Waals surface area contributed by atoms with Crippen molar-refractivity contribution in [3.8, 4) is 0 Å². The molecule has 136 valence electrons. The molecule has 2 rings (SSSR count). The van der Waals surface area contributed by atoms with Gasteiger partial charge in [-0.3, -0.25) is 4.79 Å². The molecule has 4 heteroatoms. The van der Waals surface area contributed by atoms with Gasteiger partial charge in [-0.25, -0.2) is 0 Å². The van der Waals surface area contributed by atoms with Crippen LogP contribution in [0.3, 0.4) is 0 Å². The Hall–Kier alpha value is -0.740. The Bertz CT molecular complexity index is 433. The molecule has 0 aliphatic carbocycles. The molecular formula is C20H32O3S. The van der Waals surface area contributed by atoms with Gasteiger partial charge in [0.25, 0.3) is 0 Å². The van der Waals surface area contributed by atoms with E-state index >= 15 is 0 Å². The summed E-state index contributed by atoms with van der Waals surface area (Å²) in [6.07, 6.45) is 17.7. The minimum atomic E-state index is -0.698. The van der Waals surface area contributed by atoms with Crippen LogP contribution in [0, 0.1) is 11.8 Å². The number of hydrogen-bond donors (Lipinski definition) is 1. The Labute approximate surface area is 150 Å². The zero-order valence-electron chi connectivity index (χ0n) is 14.9. The fraction of sp³-hybridized carbons (Fsp3) is 0.750. The molecule has 2 saturated heterocycles. The maximum Gasteiger partial charge on any atom is 0.303 e. The second-order valence-corrected chi connectivity index (χ2v) is 8.00. The van der Waals surface area contributed by atoms with E-state index in [-0.39, 0.29) is 6.42 Å². The van der Waals surface area contributed by atoms with Gasteiger partial charge in [0, 0.05) is 6.42 Å². The fourth-order valence-corrected chi connectivity index (χ4v) is 5.03. The number of allylic oxidation sites excluding steroid dienone is 4. The molecule has 3 nitrogen and oxygen atoms in total. The molecule has 0 radical (unpaired) electrons. The molecule has 1 N–H and O–H groups in total. The predicted octanol–water partition coefficient (Wildman–Crippen LogP) is 5.07. The van der Waals surface area contributed by atoms with E-state index in [1.807, 2.05) is 0 Å². The van der Waals surface area contributed by atoms with Crippen LogP contribution in [-0.2, 0) is 9.53 Å². The maximum absolute atomic E-state index is 10.5. The van der Waals surface area contributed by atoms with Crippen molar-refractivity contribution in [2.24, 2.45) is 11.8 Å². The van der Waals surface area contributed by atoms with Crippen molar-refractivity contribution >= 4 is 17.7 Å². The quantitative estimate of drug-likeness (QED) is 0.393. The number of carbonyl (C=O) groups is 1. The van der Waals surface area contributed by atoms with Crippen molar-refractivity contribution in [3.63, 3.8) is 0 Å². The van der Waals surface area contributed by atoms with E-state index in [2.05, 4.69) is 43.0 Å². The summed E-state index contributed by atoms with van der Waals surface area (Å²) in [7, 11) is 0. The van der Waals surface area contributed by atoms with Gasteiger partial charge in [0.2, 0.25) is 0 Å². The minimum absolute atomic E-state index is 0.271. The molecule has 0 unspecified atom stereocenters. The smallest absolute Gasteiger partial charge is 0.303 e. The Morgan fingerprint density at radius 1 is 1.12 bits per heavy atom. The first-order chi connectivity index (χ1) is 11.7. The molecule has 2 aliphatic heterocycles. The van der Waals surface area contributed by atoms with Gasteiger partial charge in [-0.2, -0.15) is 11.8 Å². The topological polar surface area (TPSA) is 46.5 Å². The molecule has 2 heterocycles. The molecule has 0 amide bonds. The Morgan fingerprint density at radius 2 is 1.88 bits per heavy atom. The minimum Gasteiger partial charge on any atom is -0.481 e. The summed E-state index contributed by atoms with van der Waals surface area (Å²) in [4.78, 5) is 10.5. The van der Waals surface area contributed by atoms with Crippen molar-refractivity contribution in [3.05, 3.63) is 24.3 Å². The third kappa shape index (κ3) is 6.29. The molecule has 0 aromatic carbocycles. The SMILES string of the molecule is CC/C=C/CCSC[C@H]1[C@@H](C/C=C\CCCC(=O)O)[C@H]2CC[C@@H]1O2. The van der Waals surface area contributed by atoms with Crippen LogP contribution < -0.4 is 0 Å². The van der Waals surface area contributed by atoms with Crippen molar-refractivity contribution in [2.75, 3.05) is 11.5 Å². The third-order valence-electron chi connectivity index (χ3n) is 5.07. The molecule has 0 aromatic rings. The van der Waals surface area contributed by atoms with E-state index < -0.39 is 5.97 Å². The van der Waals surface area contributed by atoms with E-state index in [4.69, 9.17) is 9.84 Å². The van der Waals surface area contributed by atoms with Gasteiger partial charge in [0.1, 0.15) is 0 Å². The average molecular weight is 353 g/mol. The Morgan fingerprint density at radius 3 is 2.62 bits per heavy atom. The summed E-state index contributed by atoms with van der Waals surface area (Å²) in [5, 5.41) is 8.65. The predicted molar refractivity (Wildman–Crippen MR) is 101 cm³/mol. The molecule has 0 spiro atoms. The monoisotopic (exact) mass is 352 g/mol. The van der Waals surface area contributed by atoms with Crippen molar-refractivity contribution < 1.29 is 14.6 Å². The first-order valence-electron chi connectivity index (χ1n) is 9.47. The van der Waals surface area contributed by atoms with Crippen LogP contribution in [-0.4, -0.2) is 34.8 Å². The van der Waals surface area contributed by atoms with E-state index in [1.165, 1.54) is 30.8 Å². The number of aliphatic carboxylic acids is 1. The van der Waals surface area contributed by atoms with Gasteiger partial charge in [-0.15, -0.1) is 0 Å². The highest BCUT2D eigenvalue weighted by molar-refractivity contribution is 7.99. The molecule has 4 atom stereocenters. The van der Waals surface area contributed by atoms with Crippen LogP contribution in [0.4, 0.5) is 0 Å². The van der Waals surface area contributed by atoms with Gasteiger partial charge in [0.05, 0.1) is 12.2 Å². The largest absolute Gasteiger partial charge is 0.481 e. The summed E-state index contributed by atoms with van der Waals surface area (Å²) >= 11 is 2.07. The Kier molecular flexibility index (Phi) is 8.97. The van der Waals surface area contributed by atoms with Crippen LogP contribution >= 0.6 is 11.8 Å². The van der Waals surface area contributed by atoms with Crippen molar-refractivity contribution in [1.29, 1.82) is 0 Å². The molecular weight excluding hydrogens is 320 g/mol. The number of carboxylic acid groups (broad SMARTS) is 1. The normalized spacial score (nSPS) is 29.2. The third-order valence-corrected chi connectivity index (χ3v) is 6.21. The number of rotatable bonds is 12. The highest BCUT2D eigenvalue weighted by Gasteiger charge is 2.47. The molecule has 0 saturated carbocycles. The van der Waals surface area contributed by atoms with Gasteiger partial charge in [-0.1, -0.05) is 31.2 Å². The number of fused-ring (bicyclic) bond motifs is 2. The number of hydrogen-bond acceptors (Lipinski definition) is 3. The lowest BCUT2D eigenvalue weighted by atomic mass is 9.78. The lowest BCUT2D eigenvalue weighted by Gasteiger charge is -2.26. The highest BCUT2D eigenvalue weighted by Crippen LogP contribution is 2.46. The second-order valence-electron chi connectivity index (χ2n) is 6.85. The summed E-state index contributed by atoms with van der Waals surface area (Å²) in [6, 6.07) is 0. The molecule has 2 aliphatic rings. The first-order valence-corrected chi connectivity index (χ1v) is 10.6. The number of thioether (sulfide) groups is 1. The fourth-order valence-electron chi connectivity index (χ4n) is 3.83. The molecule has 0 aromatic heterocycles. The lowest BCUT2D eigenvalue weighted by molar-refractivity contribution is -0.137. The Balaban J connectivity index is 1.68. The summed E-state index contributed by atoms with van der Waals surface area (Å²) < 4.78 is 6.16. The zero-order valence-corrected chi connectivity index (χ0v) is 15.7.